The maximum absolute atomic E-state index is 11.9. The molecule has 28 heavy (non-hydrogen) atoms. The fourth-order valence-electron chi connectivity index (χ4n) is 2.47. The molecule has 0 aliphatic rings. The van der Waals surface area contributed by atoms with Crippen LogP contribution < -0.4 is 10.6 Å². The average molecular weight is 378 g/mol. The number of anilines is 4. The van der Waals surface area contributed by atoms with E-state index in [2.05, 4.69) is 25.3 Å². The number of aromatic nitrogens is 2. The van der Waals surface area contributed by atoms with E-state index in [9.17, 15) is 9.59 Å². The van der Waals surface area contributed by atoms with Crippen molar-refractivity contribution in [1.82, 2.24) is 9.97 Å². The Morgan fingerprint density at radius 3 is 2.14 bits per heavy atom. The Bertz CT molecular complexity index is 990. The lowest BCUT2D eigenvalue weighted by atomic mass is 10.2. The summed E-state index contributed by atoms with van der Waals surface area (Å²) >= 11 is 0. The van der Waals surface area contributed by atoms with E-state index in [1.165, 1.54) is 20.5 Å². The number of nitrogens with one attached hydrogen (secondary N) is 2. The first-order valence-electron chi connectivity index (χ1n) is 8.32. The molecule has 8 nitrogen and oxygen atoms in total. The van der Waals surface area contributed by atoms with E-state index in [0.717, 1.165) is 5.69 Å². The van der Waals surface area contributed by atoms with Crippen LogP contribution in [0.3, 0.4) is 0 Å². The summed E-state index contributed by atoms with van der Waals surface area (Å²) in [6.45, 7) is 0. The average Bonchev–Trinajstić information content (AvgIpc) is 2.74. The molecule has 0 aliphatic carbocycles. The smallest absolute Gasteiger partial charge is 0.339 e. The van der Waals surface area contributed by atoms with Gasteiger partial charge in [0.05, 0.1) is 31.0 Å². The van der Waals surface area contributed by atoms with Crippen LogP contribution in [-0.4, -0.2) is 36.1 Å². The van der Waals surface area contributed by atoms with E-state index in [1.54, 1.807) is 54.6 Å². The van der Waals surface area contributed by atoms with Gasteiger partial charge in [-0.25, -0.2) is 19.6 Å². The number of esters is 2. The lowest BCUT2D eigenvalue weighted by molar-refractivity contribution is 0.0592. The van der Waals surface area contributed by atoms with Gasteiger partial charge >= 0.3 is 11.9 Å². The van der Waals surface area contributed by atoms with Crippen molar-refractivity contribution in [2.45, 2.75) is 0 Å². The summed E-state index contributed by atoms with van der Waals surface area (Å²) in [6, 6.07) is 15.5. The maximum Gasteiger partial charge on any atom is 0.339 e. The molecule has 0 fully saturated rings. The van der Waals surface area contributed by atoms with Crippen molar-refractivity contribution >= 4 is 34.9 Å². The normalized spacial score (nSPS) is 10.1. The summed E-state index contributed by atoms with van der Waals surface area (Å²) in [5, 5.41) is 6.22. The second-order valence-corrected chi connectivity index (χ2v) is 5.64. The van der Waals surface area contributed by atoms with Crippen molar-refractivity contribution in [3.63, 3.8) is 0 Å². The largest absolute Gasteiger partial charge is 0.465 e. The zero-order valence-electron chi connectivity index (χ0n) is 15.3. The molecule has 8 heteroatoms. The third kappa shape index (κ3) is 4.42. The highest BCUT2D eigenvalue weighted by molar-refractivity contribution is 5.96. The fourth-order valence-corrected chi connectivity index (χ4v) is 2.47. The van der Waals surface area contributed by atoms with Gasteiger partial charge in [0, 0.05) is 11.8 Å². The number of methoxy groups -OCH3 is 2. The summed E-state index contributed by atoms with van der Waals surface area (Å²) in [4.78, 5) is 31.7. The molecular weight excluding hydrogens is 360 g/mol. The Labute approximate surface area is 161 Å². The van der Waals surface area contributed by atoms with Crippen LogP contribution in [0.15, 0.2) is 60.9 Å². The Hall–Kier alpha value is -3.94. The Morgan fingerprint density at radius 2 is 1.46 bits per heavy atom. The van der Waals surface area contributed by atoms with Gasteiger partial charge in [-0.15, -0.1) is 0 Å². The van der Waals surface area contributed by atoms with Crippen molar-refractivity contribution in [3.05, 3.63) is 72.1 Å². The highest BCUT2D eigenvalue weighted by Gasteiger charge is 2.12. The van der Waals surface area contributed by atoms with Gasteiger partial charge in [-0.1, -0.05) is 12.1 Å². The van der Waals surface area contributed by atoms with Crippen molar-refractivity contribution in [3.8, 4) is 0 Å². The highest BCUT2D eigenvalue weighted by Crippen LogP contribution is 2.22. The van der Waals surface area contributed by atoms with Gasteiger partial charge in [0.1, 0.15) is 18.0 Å². The number of ether oxygens (including phenoxy) is 2. The summed E-state index contributed by atoms with van der Waals surface area (Å²) in [5.41, 5.74) is 2.17. The molecule has 1 aromatic heterocycles. The zero-order chi connectivity index (χ0) is 19.9. The van der Waals surface area contributed by atoms with Crippen LogP contribution in [0.1, 0.15) is 20.7 Å². The predicted molar refractivity (Wildman–Crippen MR) is 104 cm³/mol. The molecule has 0 saturated carbocycles. The van der Waals surface area contributed by atoms with Gasteiger partial charge in [0.25, 0.3) is 0 Å². The second-order valence-electron chi connectivity index (χ2n) is 5.64. The molecule has 3 aromatic rings. The van der Waals surface area contributed by atoms with Crippen molar-refractivity contribution in [1.29, 1.82) is 0 Å². The van der Waals surface area contributed by atoms with Crippen LogP contribution in [0.4, 0.5) is 23.0 Å². The van der Waals surface area contributed by atoms with E-state index in [4.69, 9.17) is 4.74 Å². The third-order valence-electron chi connectivity index (χ3n) is 3.84. The number of nitrogens with zero attached hydrogens (tertiary/aromatic N) is 2. The van der Waals surface area contributed by atoms with E-state index in [0.29, 0.717) is 28.5 Å². The van der Waals surface area contributed by atoms with Crippen molar-refractivity contribution in [2.75, 3.05) is 24.9 Å². The number of benzene rings is 2. The molecule has 0 bridgehead atoms. The topological polar surface area (TPSA) is 102 Å². The van der Waals surface area contributed by atoms with E-state index in [-0.39, 0.29) is 0 Å². The van der Waals surface area contributed by atoms with Gasteiger partial charge in [0.15, 0.2) is 0 Å². The minimum atomic E-state index is -0.443. The minimum Gasteiger partial charge on any atom is -0.465 e. The second kappa shape index (κ2) is 8.63. The standard InChI is InChI=1S/C20H18N4O4/c1-27-19(25)13-7-9-14(10-8-13)23-17-11-18(22-12-21-17)24-16-6-4-3-5-15(16)20(26)28-2/h3-12H,1-2H3,(H2,21,22,23,24). The molecule has 1 heterocycles. The van der Waals surface area contributed by atoms with Crippen LogP contribution >= 0.6 is 0 Å². The summed E-state index contributed by atoms with van der Waals surface area (Å²) < 4.78 is 9.48. The summed E-state index contributed by atoms with van der Waals surface area (Å²) in [5.74, 6) is 0.199. The Kier molecular flexibility index (Phi) is 5.81. The number of para-hydroxylation sites is 1. The number of carbonyl (C=O) groups excluding carboxylic acids is 2. The SMILES string of the molecule is COC(=O)c1ccc(Nc2cc(Nc3ccccc3C(=O)OC)ncn2)cc1. The third-order valence-corrected chi connectivity index (χ3v) is 3.84. The quantitative estimate of drug-likeness (QED) is 0.628. The lowest BCUT2D eigenvalue weighted by Crippen LogP contribution is -2.06. The molecule has 0 radical (unpaired) electrons. The van der Waals surface area contributed by atoms with Crippen LogP contribution in [-0.2, 0) is 9.47 Å². The number of carbonyl (C=O) groups is 2. The minimum absolute atomic E-state index is 0.399. The van der Waals surface area contributed by atoms with Crippen molar-refractivity contribution < 1.29 is 19.1 Å². The molecule has 0 saturated heterocycles. The Morgan fingerprint density at radius 1 is 0.821 bits per heavy atom. The summed E-state index contributed by atoms with van der Waals surface area (Å²) in [7, 11) is 2.67. The first-order valence-corrected chi connectivity index (χ1v) is 8.32. The maximum atomic E-state index is 11.9. The number of rotatable bonds is 6. The first kappa shape index (κ1) is 18.8. The molecular formula is C20H18N4O4. The highest BCUT2D eigenvalue weighted by atomic mass is 16.5. The van der Waals surface area contributed by atoms with E-state index >= 15 is 0 Å². The predicted octanol–water partition coefficient (Wildman–Crippen LogP) is 3.54. The first-order chi connectivity index (χ1) is 13.6. The van der Waals surface area contributed by atoms with Gasteiger partial charge in [0.2, 0.25) is 0 Å². The molecule has 142 valence electrons. The molecule has 2 aromatic carbocycles. The van der Waals surface area contributed by atoms with Crippen molar-refractivity contribution in [2.24, 2.45) is 0 Å². The van der Waals surface area contributed by atoms with Gasteiger partial charge in [-0.2, -0.15) is 0 Å². The summed E-state index contributed by atoms with van der Waals surface area (Å²) in [6.07, 6.45) is 1.40. The van der Waals surface area contributed by atoms with Crippen LogP contribution in [0.5, 0.6) is 0 Å². The number of hydrogen-bond acceptors (Lipinski definition) is 8. The molecule has 0 atom stereocenters. The molecule has 3 rings (SSSR count). The van der Waals surface area contributed by atoms with Gasteiger partial charge in [-0.3, -0.25) is 0 Å². The van der Waals surface area contributed by atoms with Crippen LogP contribution in [0.2, 0.25) is 0 Å². The number of hydrogen-bond donors (Lipinski definition) is 2. The van der Waals surface area contributed by atoms with Crippen LogP contribution in [0.25, 0.3) is 0 Å². The zero-order valence-corrected chi connectivity index (χ0v) is 15.3. The van der Waals surface area contributed by atoms with Crippen LogP contribution in [0, 0.1) is 0 Å². The lowest BCUT2D eigenvalue weighted by Gasteiger charge is -2.11. The van der Waals surface area contributed by atoms with Gasteiger partial charge in [-0.05, 0) is 36.4 Å². The molecule has 0 unspecified atom stereocenters. The monoisotopic (exact) mass is 378 g/mol. The molecule has 2 N–H and O–H groups in total. The molecule has 0 spiro atoms. The fraction of sp³-hybridized carbons (Fsp3) is 0.100. The molecule has 0 amide bonds. The van der Waals surface area contributed by atoms with Gasteiger partial charge < -0.3 is 20.1 Å². The van der Waals surface area contributed by atoms with E-state index < -0.39 is 11.9 Å². The molecule has 0 aliphatic heterocycles. The van der Waals surface area contributed by atoms with E-state index in [1.807, 2.05) is 0 Å². The Balaban J connectivity index is 1.76.